The van der Waals surface area contributed by atoms with E-state index < -0.39 is 5.69 Å². The number of thiophene rings is 1. The van der Waals surface area contributed by atoms with Crippen LogP contribution in [0.5, 0.6) is 0 Å². The van der Waals surface area contributed by atoms with Gasteiger partial charge >= 0.3 is 5.69 Å². The minimum absolute atomic E-state index is 0.117. The summed E-state index contributed by atoms with van der Waals surface area (Å²) in [7, 11) is 0. The normalized spacial score (nSPS) is 15.3. The summed E-state index contributed by atoms with van der Waals surface area (Å²) in [6, 6.07) is 3.60. The number of likely N-dealkylation sites (N-methyl/N-ethyl adjacent to an activating group) is 1. The van der Waals surface area contributed by atoms with E-state index in [4.69, 9.17) is 0 Å². The summed E-state index contributed by atoms with van der Waals surface area (Å²) in [6.45, 7) is 8.12. The van der Waals surface area contributed by atoms with Gasteiger partial charge in [-0.15, -0.1) is 11.3 Å². The molecule has 0 N–H and O–H groups in total. The lowest BCUT2D eigenvalue weighted by atomic mass is 10.3. The zero-order valence-corrected chi connectivity index (χ0v) is 17.7. The van der Waals surface area contributed by atoms with Crippen molar-refractivity contribution in [2.45, 2.75) is 26.8 Å². The highest BCUT2D eigenvalue weighted by Crippen LogP contribution is 2.10. The molecular weight excluding hydrogens is 394 g/mol. The average molecular weight is 422 g/mol. The van der Waals surface area contributed by atoms with Crippen LogP contribution in [0.1, 0.15) is 20.3 Å². The summed E-state index contributed by atoms with van der Waals surface area (Å²) < 4.78 is 2.29. The molecule has 3 rings (SSSR count). The van der Waals surface area contributed by atoms with Gasteiger partial charge in [-0.1, -0.05) is 0 Å². The number of hydrogen-bond acceptors (Lipinski definition) is 7. The van der Waals surface area contributed by atoms with Crippen LogP contribution in [0.3, 0.4) is 0 Å². The van der Waals surface area contributed by atoms with Crippen LogP contribution in [0.2, 0.25) is 0 Å². The van der Waals surface area contributed by atoms with Crippen molar-refractivity contribution < 1.29 is 9.59 Å². The largest absolute Gasteiger partial charge is 0.369 e. The van der Waals surface area contributed by atoms with Crippen molar-refractivity contribution in [3.05, 3.63) is 28.0 Å². The Morgan fingerprint density at radius 1 is 1.10 bits per heavy atom. The van der Waals surface area contributed by atoms with Crippen molar-refractivity contribution in [3.63, 3.8) is 0 Å². The van der Waals surface area contributed by atoms with Crippen LogP contribution in [0.15, 0.2) is 22.3 Å². The second-order valence-electron chi connectivity index (χ2n) is 6.86. The average Bonchev–Trinajstić information content (AvgIpc) is 3.28. The molecule has 2 amide bonds. The fourth-order valence-corrected chi connectivity index (χ4v) is 4.04. The molecule has 0 spiro atoms. The predicted octanol–water partition coefficient (Wildman–Crippen LogP) is -0.107. The Morgan fingerprint density at radius 2 is 1.90 bits per heavy atom. The molecule has 29 heavy (non-hydrogen) atoms. The van der Waals surface area contributed by atoms with Gasteiger partial charge < -0.3 is 9.80 Å². The molecule has 2 aromatic rings. The summed E-state index contributed by atoms with van der Waals surface area (Å²) in [5, 5.41) is 10.2. The Kier molecular flexibility index (Phi) is 7.15. The van der Waals surface area contributed by atoms with Gasteiger partial charge in [0.25, 0.3) is 0 Å². The summed E-state index contributed by atoms with van der Waals surface area (Å²) >= 11 is 1.38. The molecule has 3 heterocycles. The third-order valence-electron chi connectivity index (χ3n) is 5.06. The second-order valence-corrected chi connectivity index (χ2v) is 7.78. The van der Waals surface area contributed by atoms with Gasteiger partial charge in [0.05, 0.1) is 6.54 Å². The monoisotopic (exact) mass is 421 g/mol. The van der Waals surface area contributed by atoms with E-state index in [0.717, 1.165) is 17.6 Å². The third-order valence-corrected chi connectivity index (χ3v) is 5.90. The smallest absolute Gasteiger partial charge is 0.342 e. The number of tetrazole rings is 1. The SMILES string of the molecule is CCN(CC)C(=O)CN1CCCN(C(=O)Cn2nnn(-c3cccs3)c2=O)CC1. The number of amides is 2. The van der Waals surface area contributed by atoms with Crippen LogP contribution in [-0.4, -0.2) is 92.1 Å². The van der Waals surface area contributed by atoms with Gasteiger partial charge in [-0.3, -0.25) is 14.5 Å². The number of nitrogens with zero attached hydrogens (tertiary/aromatic N) is 7. The predicted molar refractivity (Wildman–Crippen MR) is 109 cm³/mol. The maximum absolute atomic E-state index is 12.7. The van der Waals surface area contributed by atoms with Gasteiger partial charge in [0, 0.05) is 39.3 Å². The summed E-state index contributed by atoms with van der Waals surface area (Å²) in [5.41, 5.74) is -0.429. The molecule has 0 aliphatic carbocycles. The molecular formula is C18H27N7O3S. The molecule has 0 saturated carbocycles. The van der Waals surface area contributed by atoms with E-state index in [-0.39, 0.29) is 18.4 Å². The molecule has 0 aromatic carbocycles. The Balaban J connectivity index is 1.56. The van der Waals surface area contributed by atoms with Gasteiger partial charge in [0.2, 0.25) is 11.8 Å². The van der Waals surface area contributed by atoms with E-state index in [9.17, 15) is 14.4 Å². The summed E-state index contributed by atoms with van der Waals surface area (Å²) in [5.74, 6) is -0.0474. The Bertz CT molecular complexity index is 872. The van der Waals surface area contributed by atoms with Crippen molar-refractivity contribution in [3.8, 4) is 5.00 Å². The van der Waals surface area contributed by atoms with Gasteiger partial charge in [-0.05, 0) is 48.2 Å². The quantitative estimate of drug-likeness (QED) is 0.619. The number of carbonyl (C=O) groups is 2. The highest BCUT2D eigenvalue weighted by molar-refractivity contribution is 7.12. The minimum atomic E-state index is -0.429. The highest BCUT2D eigenvalue weighted by atomic mass is 32.1. The van der Waals surface area contributed by atoms with Crippen LogP contribution in [-0.2, 0) is 16.1 Å². The van der Waals surface area contributed by atoms with E-state index in [0.29, 0.717) is 44.3 Å². The van der Waals surface area contributed by atoms with Crippen molar-refractivity contribution in [2.75, 3.05) is 45.8 Å². The molecule has 1 aliphatic rings. The molecule has 158 valence electrons. The van der Waals surface area contributed by atoms with Gasteiger partial charge in [-0.25, -0.2) is 4.79 Å². The molecule has 0 bridgehead atoms. The van der Waals surface area contributed by atoms with E-state index in [1.54, 1.807) is 11.0 Å². The lowest BCUT2D eigenvalue weighted by Gasteiger charge is -2.25. The number of rotatable bonds is 7. The van der Waals surface area contributed by atoms with Gasteiger partial charge in [-0.2, -0.15) is 9.36 Å². The molecule has 11 heteroatoms. The van der Waals surface area contributed by atoms with Crippen LogP contribution in [0.25, 0.3) is 5.00 Å². The minimum Gasteiger partial charge on any atom is -0.342 e. The highest BCUT2D eigenvalue weighted by Gasteiger charge is 2.23. The first-order chi connectivity index (χ1) is 14.0. The van der Waals surface area contributed by atoms with E-state index >= 15 is 0 Å². The van der Waals surface area contributed by atoms with E-state index in [1.807, 2.05) is 30.2 Å². The van der Waals surface area contributed by atoms with Crippen LogP contribution >= 0.6 is 11.3 Å². The molecule has 2 aromatic heterocycles. The van der Waals surface area contributed by atoms with E-state index in [2.05, 4.69) is 15.3 Å². The maximum Gasteiger partial charge on any atom is 0.369 e. The second kappa shape index (κ2) is 9.79. The first-order valence-corrected chi connectivity index (χ1v) is 10.8. The summed E-state index contributed by atoms with van der Waals surface area (Å²) in [4.78, 5) is 43.1. The van der Waals surface area contributed by atoms with Crippen molar-refractivity contribution in [2.24, 2.45) is 0 Å². The van der Waals surface area contributed by atoms with Gasteiger partial charge in [0.1, 0.15) is 11.5 Å². The Labute approximate surface area is 173 Å². The molecule has 1 saturated heterocycles. The fourth-order valence-electron chi connectivity index (χ4n) is 3.38. The first kappa shape index (κ1) is 21.2. The lowest BCUT2D eigenvalue weighted by Crippen LogP contribution is -2.42. The third kappa shape index (κ3) is 5.10. The molecule has 1 aliphatic heterocycles. The lowest BCUT2D eigenvalue weighted by molar-refractivity contribution is -0.132. The molecule has 1 fully saturated rings. The van der Waals surface area contributed by atoms with Crippen molar-refractivity contribution in [1.82, 2.24) is 34.5 Å². The van der Waals surface area contributed by atoms with E-state index in [1.165, 1.54) is 16.0 Å². The number of aromatic nitrogens is 4. The zero-order valence-electron chi connectivity index (χ0n) is 16.9. The van der Waals surface area contributed by atoms with Crippen molar-refractivity contribution in [1.29, 1.82) is 0 Å². The molecule has 0 radical (unpaired) electrons. The number of carbonyl (C=O) groups excluding carboxylic acids is 2. The summed E-state index contributed by atoms with van der Waals surface area (Å²) in [6.07, 6.45) is 0.786. The molecule has 10 nitrogen and oxygen atoms in total. The Morgan fingerprint density at radius 3 is 2.59 bits per heavy atom. The molecule has 0 unspecified atom stereocenters. The standard InChI is InChI=1S/C18H27N7O3S/c1-3-22(4-2)15(26)13-21-8-6-9-23(11-10-21)16(27)14-24-18(28)25(20-19-24)17-7-5-12-29-17/h5,7,12H,3-4,6,8-11,13-14H2,1-2H3. The van der Waals surface area contributed by atoms with Crippen LogP contribution in [0.4, 0.5) is 0 Å². The fraction of sp³-hybridized carbons (Fsp3) is 0.611. The van der Waals surface area contributed by atoms with Crippen molar-refractivity contribution >= 4 is 23.2 Å². The van der Waals surface area contributed by atoms with Crippen LogP contribution in [0, 0.1) is 0 Å². The van der Waals surface area contributed by atoms with Crippen LogP contribution < -0.4 is 5.69 Å². The first-order valence-electron chi connectivity index (χ1n) is 9.88. The zero-order chi connectivity index (χ0) is 20.8. The topological polar surface area (TPSA) is 96.6 Å². The Hall–Kier alpha value is -2.53. The number of hydrogen-bond donors (Lipinski definition) is 0. The maximum atomic E-state index is 12.7. The van der Waals surface area contributed by atoms with Gasteiger partial charge in [0.15, 0.2) is 0 Å². The molecule has 0 atom stereocenters.